The molecule has 5 nitrogen and oxygen atoms in total. The summed E-state index contributed by atoms with van der Waals surface area (Å²) >= 11 is 0. The van der Waals surface area contributed by atoms with Crippen LogP contribution in [0.1, 0.15) is 11.3 Å². The van der Waals surface area contributed by atoms with Gasteiger partial charge >= 0.3 is 0 Å². The summed E-state index contributed by atoms with van der Waals surface area (Å²) in [7, 11) is 1.59. The van der Waals surface area contributed by atoms with Crippen LogP contribution in [0.4, 0.5) is 5.82 Å². The third kappa shape index (κ3) is 2.90. The second-order valence-corrected chi connectivity index (χ2v) is 3.56. The molecule has 5 heteroatoms. The van der Waals surface area contributed by atoms with Crippen LogP contribution in [-0.2, 0) is 6.54 Å². The number of methoxy groups -OCH3 is 1. The second kappa shape index (κ2) is 5.25. The molecule has 0 aromatic carbocycles. The average molecular weight is 230 g/mol. The van der Waals surface area contributed by atoms with Crippen molar-refractivity contribution in [2.45, 2.75) is 13.5 Å². The predicted octanol–water partition coefficient (Wildman–Crippen LogP) is 1.80. The van der Waals surface area contributed by atoms with Crippen LogP contribution >= 0.6 is 0 Å². The molecule has 88 valence electrons. The Bertz CT molecular complexity index is 487. The summed E-state index contributed by atoms with van der Waals surface area (Å²) in [6.45, 7) is 2.52. The summed E-state index contributed by atoms with van der Waals surface area (Å²) in [5, 5.41) is 3.17. The van der Waals surface area contributed by atoms with Gasteiger partial charge in [0.05, 0.1) is 19.0 Å². The molecule has 0 aliphatic carbocycles. The lowest BCUT2D eigenvalue weighted by atomic mass is 10.3. The van der Waals surface area contributed by atoms with E-state index >= 15 is 0 Å². The number of aromatic nitrogens is 3. The molecule has 0 saturated carbocycles. The lowest BCUT2D eigenvalue weighted by molar-refractivity contribution is 0.392. The lowest BCUT2D eigenvalue weighted by Gasteiger charge is -2.07. The van der Waals surface area contributed by atoms with Gasteiger partial charge in [0.25, 0.3) is 0 Å². The Kier molecular flexibility index (Phi) is 3.49. The maximum atomic E-state index is 5.11. The molecule has 2 rings (SSSR count). The van der Waals surface area contributed by atoms with Crippen LogP contribution in [0.5, 0.6) is 5.88 Å². The van der Waals surface area contributed by atoms with Gasteiger partial charge in [-0.1, -0.05) is 6.07 Å². The topological polar surface area (TPSA) is 59.9 Å². The van der Waals surface area contributed by atoms with E-state index in [9.17, 15) is 0 Å². The van der Waals surface area contributed by atoms with Crippen LogP contribution in [0.15, 0.2) is 30.7 Å². The zero-order chi connectivity index (χ0) is 12.1. The molecule has 2 aromatic rings. The number of pyridine rings is 1. The van der Waals surface area contributed by atoms with E-state index in [1.165, 1.54) is 0 Å². The number of rotatable bonds is 4. The van der Waals surface area contributed by atoms with Crippen LogP contribution in [0.3, 0.4) is 0 Å². The maximum Gasteiger partial charge on any atom is 0.237 e. The molecular formula is C12H14N4O. The minimum absolute atomic E-state index is 0.543. The minimum atomic E-state index is 0.543. The fourth-order valence-electron chi connectivity index (χ4n) is 1.41. The molecule has 0 radical (unpaired) electrons. The Morgan fingerprint density at radius 1 is 1.35 bits per heavy atom. The van der Waals surface area contributed by atoms with E-state index in [2.05, 4.69) is 20.3 Å². The summed E-state index contributed by atoms with van der Waals surface area (Å²) < 4.78 is 5.11. The Morgan fingerprint density at radius 2 is 2.24 bits per heavy atom. The monoisotopic (exact) mass is 230 g/mol. The number of ether oxygens (including phenoxy) is 1. The molecule has 1 N–H and O–H groups in total. The highest BCUT2D eigenvalue weighted by molar-refractivity contribution is 5.36. The zero-order valence-corrected chi connectivity index (χ0v) is 9.84. The third-order valence-corrected chi connectivity index (χ3v) is 2.30. The van der Waals surface area contributed by atoms with Crippen molar-refractivity contribution in [1.82, 2.24) is 15.0 Å². The van der Waals surface area contributed by atoms with Crippen LogP contribution in [0.2, 0.25) is 0 Å². The number of hydrogen-bond acceptors (Lipinski definition) is 5. The van der Waals surface area contributed by atoms with Crippen LogP contribution in [0, 0.1) is 6.92 Å². The Morgan fingerprint density at radius 3 is 2.94 bits per heavy atom. The van der Waals surface area contributed by atoms with Crippen LogP contribution < -0.4 is 10.1 Å². The first-order valence-electron chi connectivity index (χ1n) is 5.30. The standard InChI is InChI=1S/C12H14N4O/c1-9-12(17-2)16-11(8-14-9)15-7-10-4-3-5-13-6-10/h3-6,8H,7H2,1-2H3,(H,15,16). The van der Waals surface area contributed by atoms with E-state index in [0.717, 1.165) is 11.3 Å². The van der Waals surface area contributed by atoms with Crippen molar-refractivity contribution in [2.24, 2.45) is 0 Å². The van der Waals surface area contributed by atoms with Gasteiger partial charge in [0.1, 0.15) is 5.82 Å². The Balaban J connectivity index is 2.04. The summed E-state index contributed by atoms with van der Waals surface area (Å²) in [5.74, 6) is 1.23. The molecule has 0 unspecified atom stereocenters. The van der Waals surface area contributed by atoms with Crippen molar-refractivity contribution in [3.05, 3.63) is 42.0 Å². The fourth-order valence-corrected chi connectivity index (χ4v) is 1.41. The normalized spacial score (nSPS) is 10.0. The first kappa shape index (κ1) is 11.3. The molecule has 0 atom stereocenters. The van der Waals surface area contributed by atoms with Gasteiger partial charge in [-0.15, -0.1) is 0 Å². The highest BCUT2D eigenvalue weighted by Crippen LogP contribution is 2.14. The summed E-state index contributed by atoms with van der Waals surface area (Å²) in [4.78, 5) is 12.5. The summed E-state index contributed by atoms with van der Waals surface area (Å²) in [6.07, 6.45) is 5.25. The van der Waals surface area contributed by atoms with Crippen LogP contribution in [-0.4, -0.2) is 22.1 Å². The van der Waals surface area contributed by atoms with Gasteiger partial charge in [-0.05, 0) is 18.6 Å². The molecule has 0 aliphatic rings. The van der Waals surface area contributed by atoms with E-state index in [1.54, 1.807) is 19.5 Å². The Labute approximate surface area is 99.9 Å². The maximum absolute atomic E-state index is 5.11. The van der Waals surface area contributed by atoms with Crippen molar-refractivity contribution in [2.75, 3.05) is 12.4 Å². The van der Waals surface area contributed by atoms with Gasteiger partial charge in [-0.2, -0.15) is 4.98 Å². The van der Waals surface area contributed by atoms with Gasteiger partial charge in [-0.3, -0.25) is 9.97 Å². The first-order chi connectivity index (χ1) is 8.29. The summed E-state index contributed by atoms with van der Waals surface area (Å²) in [6, 6.07) is 3.90. The third-order valence-electron chi connectivity index (χ3n) is 2.30. The number of aryl methyl sites for hydroxylation is 1. The van der Waals surface area contributed by atoms with Crippen molar-refractivity contribution in [3.63, 3.8) is 0 Å². The van der Waals surface area contributed by atoms with Gasteiger partial charge in [0.2, 0.25) is 5.88 Å². The number of hydrogen-bond donors (Lipinski definition) is 1. The van der Waals surface area contributed by atoms with Gasteiger partial charge < -0.3 is 10.1 Å². The zero-order valence-electron chi connectivity index (χ0n) is 9.84. The average Bonchev–Trinajstić information content (AvgIpc) is 2.39. The van der Waals surface area contributed by atoms with E-state index < -0.39 is 0 Å². The molecular weight excluding hydrogens is 216 g/mol. The second-order valence-electron chi connectivity index (χ2n) is 3.56. The minimum Gasteiger partial charge on any atom is -0.480 e. The molecule has 0 fully saturated rings. The molecule has 2 heterocycles. The largest absolute Gasteiger partial charge is 0.480 e. The molecule has 0 amide bonds. The number of nitrogens with zero attached hydrogens (tertiary/aromatic N) is 3. The van der Waals surface area contributed by atoms with Crippen molar-refractivity contribution in [3.8, 4) is 5.88 Å². The molecule has 2 aromatic heterocycles. The predicted molar refractivity (Wildman–Crippen MR) is 64.9 cm³/mol. The summed E-state index contributed by atoms with van der Waals surface area (Å²) in [5.41, 5.74) is 1.87. The van der Waals surface area contributed by atoms with Crippen LogP contribution in [0.25, 0.3) is 0 Å². The van der Waals surface area contributed by atoms with Gasteiger partial charge in [0.15, 0.2) is 0 Å². The molecule has 0 bridgehead atoms. The quantitative estimate of drug-likeness (QED) is 0.867. The van der Waals surface area contributed by atoms with E-state index in [0.29, 0.717) is 18.2 Å². The molecule has 0 aliphatic heterocycles. The highest BCUT2D eigenvalue weighted by Gasteiger charge is 2.03. The van der Waals surface area contributed by atoms with E-state index in [4.69, 9.17) is 4.74 Å². The highest BCUT2D eigenvalue weighted by atomic mass is 16.5. The van der Waals surface area contributed by atoms with Gasteiger partial charge in [0, 0.05) is 18.9 Å². The molecule has 0 saturated heterocycles. The number of anilines is 1. The lowest BCUT2D eigenvalue weighted by Crippen LogP contribution is -2.04. The van der Waals surface area contributed by atoms with Crippen molar-refractivity contribution < 1.29 is 4.74 Å². The van der Waals surface area contributed by atoms with Crippen molar-refractivity contribution in [1.29, 1.82) is 0 Å². The Hall–Kier alpha value is -2.17. The van der Waals surface area contributed by atoms with Crippen molar-refractivity contribution >= 4 is 5.82 Å². The smallest absolute Gasteiger partial charge is 0.237 e. The number of nitrogens with one attached hydrogen (secondary N) is 1. The van der Waals surface area contributed by atoms with Gasteiger partial charge in [-0.25, -0.2) is 0 Å². The van der Waals surface area contributed by atoms with E-state index in [1.807, 2.05) is 25.3 Å². The first-order valence-corrected chi connectivity index (χ1v) is 5.30. The molecule has 0 spiro atoms. The SMILES string of the molecule is COc1nc(NCc2cccnc2)cnc1C. The fraction of sp³-hybridized carbons (Fsp3) is 0.250. The van der Waals surface area contributed by atoms with E-state index in [-0.39, 0.29) is 0 Å². The molecule has 17 heavy (non-hydrogen) atoms.